The number of rotatable bonds is 9. The number of aliphatic carboxylic acids is 1. The molecule has 5 nitrogen and oxygen atoms in total. The SMILES string of the molecule is CSc1ccccc1Oc1ccc(/C=C(/NC(=O)CCC2CCCC2)C(=O)[O-])cc1. The molecule has 0 radical (unpaired) electrons. The molecule has 30 heavy (non-hydrogen) atoms. The fraction of sp³-hybridized carbons (Fsp3) is 0.333. The second kappa shape index (κ2) is 10.9. The van der Waals surface area contributed by atoms with E-state index in [1.807, 2.05) is 30.5 Å². The number of nitrogens with one attached hydrogen (secondary N) is 1. The van der Waals surface area contributed by atoms with Crippen LogP contribution in [-0.4, -0.2) is 18.1 Å². The monoisotopic (exact) mass is 424 g/mol. The largest absolute Gasteiger partial charge is 0.543 e. The smallest absolute Gasteiger partial charge is 0.224 e. The van der Waals surface area contributed by atoms with Gasteiger partial charge in [-0.15, -0.1) is 11.8 Å². The molecule has 0 spiro atoms. The number of thioether (sulfide) groups is 1. The molecule has 1 aliphatic rings. The second-order valence-corrected chi connectivity index (χ2v) is 8.25. The van der Waals surface area contributed by atoms with Crippen LogP contribution in [0.25, 0.3) is 6.08 Å². The number of amides is 1. The molecular formula is C24H26NO4S-. The number of para-hydroxylation sites is 1. The highest BCUT2D eigenvalue weighted by Crippen LogP contribution is 2.31. The Morgan fingerprint density at radius 1 is 1.13 bits per heavy atom. The molecule has 2 aromatic carbocycles. The lowest BCUT2D eigenvalue weighted by molar-refractivity contribution is -0.299. The van der Waals surface area contributed by atoms with Crippen LogP contribution < -0.4 is 15.2 Å². The van der Waals surface area contributed by atoms with E-state index in [2.05, 4.69) is 5.32 Å². The Kier molecular flexibility index (Phi) is 7.97. The summed E-state index contributed by atoms with van der Waals surface area (Å²) in [5, 5.41) is 13.9. The summed E-state index contributed by atoms with van der Waals surface area (Å²) in [5.74, 6) is 0.293. The Bertz CT molecular complexity index is 902. The molecule has 0 unspecified atom stereocenters. The zero-order valence-corrected chi connectivity index (χ0v) is 17.9. The second-order valence-electron chi connectivity index (χ2n) is 7.40. The molecule has 1 aliphatic carbocycles. The van der Waals surface area contributed by atoms with E-state index in [1.165, 1.54) is 18.9 Å². The summed E-state index contributed by atoms with van der Waals surface area (Å²) >= 11 is 1.60. The van der Waals surface area contributed by atoms with E-state index < -0.39 is 5.97 Å². The Labute approximate surface area is 181 Å². The van der Waals surface area contributed by atoms with E-state index in [0.717, 1.165) is 29.9 Å². The first-order valence-electron chi connectivity index (χ1n) is 10.2. The van der Waals surface area contributed by atoms with E-state index in [-0.39, 0.29) is 11.6 Å². The zero-order valence-electron chi connectivity index (χ0n) is 17.1. The van der Waals surface area contributed by atoms with Gasteiger partial charge in [-0.3, -0.25) is 4.79 Å². The molecule has 0 atom stereocenters. The lowest BCUT2D eigenvalue weighted by atomic mass is 10.0. The number of carbonyl (C=O) groups excluding carboxylic acids is 2. The molecule has 0 bridgehead atoms. The summed E-state index contributed by atoms with van der Waals surface area (Å²) in [6, 6.07) is 14.8. The molecule has 0 aromatic heterocycles. The van der Waals surface area contributed by atoms with Gasteiger partial charge in [-0.2, -0.15) is 0 Å². The Balaban J connectivity index is 1.62. The van der Waals surface area contributed by atoms with Gasteiger partial charge in [0, 0.05) is 11.3 Å². The fourth-order valence-corrected chi connectivity index (χ4v) is 4.15. The molecule has 0 aliphatic heterocycles. The number of hydrogen-bond acceptors (Lipinski definition) is 5. The fourth-order valence-electron chi connectivity index (χ4n) is 3.62. The number of carbonyl (C=O) groups is 2. The summed E-state index contributed by atoms with van der Waals surface area (Å²) in [5.41, 5.74) is 0.406. The number of ether oxygens (including phenoxy) is 1. The predicted octanol–water partition coefficient (Wildman–Crippen LogP) is 4.38. The van der Waals surface area contributed by atoms with Gasteiger partial charge in [-0.25, -0.2) is 0 Å². The van der Waals surface area contributed by atoms with E-state index in [4.69, 9.17) is 4.74 Å². The maximum Gasteiger partial charge on any atom is 0.224 e. The maximum atomic E-state index is 12.2. The number of carboxylic acids is 1. The number of carboxylic acid groups (broad SMARTS) is 1. The summed E-state index contributed by atoms with van der Waals surface area (Å²) in [6.45, 7) is 0. The quantitative estimate of drug-likeness (QED) is 0.477. The summed E-state index contributed by atoms with van der Waals surface area (Å²) < 4.78 is 5.91. The summed E-state index contributed by atoms with van der Waals surface area (Å²) in [7, 11) is 0. The van der Waals surface area contributed by atoms with Crippen molar-refractivity contribution in [3.05, 3.63) is 59.8 Å². The minimum Gasteiger partial charge on any atom is -0.543 e. The number of benzene rings is 2. The maximum absolute atomic E-state index is 12.2. The third kappa shape index (κ3) is 6.39. The van der Waals surface area contributed by atoms with Crippen LogP contribution in [0, 0.1) is 5.92 Å². The van der Waals surface area contributed by atoms with Crippen LogP contribution in [0.4, 0.5) is 0 Å². The van der Waals surface area contributed by atoms with Gasteiger partial charge in [0.2, 0.25) is 5.91 Å². The summed E-state index contributed by atoms with van der Waals surface area (Å²) in [4.78, 5) is 24.6. The van der Waals surface area contributed by atoms with Crippen molar-refractivity contribution in [1.82, 2.24) is 5.32 Å². The Morgan fingerprint density at radius 2 is 1.83 bits per heavy atom. The van der Waals surface area contributed by atoms with Crippen molar-refractivity contribution in [3.63, 3.8) is 0 Å². The highest BCUT2D eigenvalue weighted by atomic mass is 32.2. The van der Waals surface area contributed by atoms with Crippen molar-refractivity contribution in [2.75, 3.05) is 6.26 Å². The van der Waals surface area contributed by atoms with Crippen LogP contribution in [0.2, 0.25) is 0 Å². The van der Waals surface area contributed by atoms with Gasteiger partial charge in [0.25, 0.3) is 0 Å². The molecule has 2 aromatic rings. The molecule has 158 valence electrons. The Hall–Kier alpha value is -2.73. The lowest BCUT2D eigenvalue weighted by Gasteiger charge is -2.13. The van der Waals surface area contributed by atoms with Gasteiger partial charge >= 0.3 is 0 Å². The van der Waals surface area contributed by atoms with Gasteiger partial charge in [0.05, 0.1) is 11.7 Å². The van der Waals surface area contributed by atoms with Crippen molar-refractivity contribution in [2.45, 2.75) is 43.4 Å². The van der Waals surface area contributed by atoms with Gasteiger partial charge < -0.3 is 20.0 Å². The lowest BCUT2D eigenvalue weighted by Crippen LogP contribution is -2.35. The highest BCUT2D eigenvalue weighted by molar-refractivity contribution is 7.98. The van der Waals surface area contributed by atoms with Crippen LogP contribution in [0.1, 0.15) is 44.1 Å². The van der Waals surface area contributed by atoms with Crippen molar-refractivity contribution in [2.24, 2.45) is 5.92 Å². The topological polar surface area (TPSA) is 78.5 Å². The predicted molar refractivity (Wildman–Crippen MR) is 117 cm³/mol. The minimum atomic E-state index is -1.40. The van der Waals surface area contributed by atoms with Crippen LogP contribution in [0.5, 0.6) is 11.5 Å². The van der Waals surface area contributed by atoms with Gasteiger partial charge in [-0.1, -0.05) is 49.9 Å². The van der Waals surface area contributed by atoms with E-state index in [1.54, 1.807) is 36.0 Å². The molecule has 0 saturated heterocycles. The third-order valence-corrected chi connectivity index (χ3v) is 6.01. The van der Waals surface area contributed by atoms with Crippen molar-refractivity contribution in [3.8, 4) is 11.5 Å². The molecule has 1 saturated carbocycles. The average Bonchev–Trinajstić information content (AvgIpc) is 3.27. The van der Waals surface area contributed by atoms with Crippen LogP contribution in [0.15, 0.2) is 59.1 Å². The van der Waals surface area contributed by atoms with Crippen molar-refractivity contribution < 1.29 is 19.4 Å². The highest BCUT2D eigenvalue weighted by Gasteiger charge is 2.16. The standard InChI is InChI=1S/C24H27NO4S/c1-30-22-9-5-4-8-21(22)29-19-13-10-18(11-14-19)16-20(24(27)28)25-23(26)15-12-17-6-2-3-7-17/h4-5,8-11,13-14,16-17H,2-3,6-7,12,15H2,1H3,(H,25,26)(H,27,28)/p-1/b20-16+. The molecule has 1 N–H and O–H groups in total. The first kappa shape index (κ1) is 22.0. The van der Waals surface area contributed by atoms with Crippen LogP contribution in [0.3, 0.4) is 0 Å². The van der Waals surface area contributed by atoms with Crippen molar-refractivity contribution in [1.29, 1.82) is 0 Å². The van der Waals surface area contributed by atoms with Crippen molar-refractivity contribution >= 4 is 29.7 Å². The van der Waals surface area contributed by atoms with Gasteiger partial charge in [0.1, 0.15) is 11.5 Å². The first-order chi connectivity index (χ1) is 14.5. The number of hydrogen-bond donors (Lipinski definition) is 1. The van der Waals surface area contributed by atoms with E-state index in [0.29, 0.717) is 23.7 Å². The van der Waals surface area contributed by atoms with Gasteiger partial charge in [0.15, 0.2) is 0 Å². The zero-order chi connectivity index (χ0) is 21.3. The third-order valence-electron chi connectivity index (χ3n) is 5.24. The van der Waals surface area contributed by atoms with E-state index in [9.17, 15) is 14.7 Å². The minimum absolute atomic E-state index is 0.229. The molecule has 0 heterocycles. The van der Waals surface area contributed by atoms with Crippen LogP contribution in [-0.2, 0) is 9.59 Å². The molecule has 1 fully saturated rings. The molecule has 1 amide bonds. The first-order valence-corrected chi connectivity index (χ1v) is 11.4. The normalized spacial score (nSPS) is 14.5. The van der Waals surface area contributed by atoms with Crippen LogP contribution >= 0.6 is 11.8 Å². The Morgan fingerprint density at radius 3 is 2.50 bits per heavy atom. The molecule has 3 rings (SSSR count). The molecular weight excluding hydrogens is 398 g/mol. The van der Waals surface area contributed by atoms with Gasteiger partial charge in [-0.05, 0) is 54.5 Å². The molecule has 6 heteroatoms. The van der Waals surface area contributed by atoms with E-state index >= 15 is 0 Å². The average molecular weight is 425 g/mol. The summed E-state index contributed by atoms with van der Waals surface area (Å²) in [6.07, 6.45) is 9.28.